The fourth-order valence-electron chi connectivity index (χ4n) is 3.54. The number of rotatable bonds is 5. The quantitative estimate of drug-likeness (QED) is 0.424. The van der Waals surface area contributed by atoms with Crippen LogP contribution in [0.5, 0.6) is 0 Å². The molecule has 6 nitrogen and oxygen atoms in total. The maximum atomic E-state index is 12.5. The largest absolute Gasteiger partial charge is 0.464 e. The van der Waals surface area contributed by atoms with Crippen LogP contribution in [0.2, 0.25) is 0 Å². The van der Waals surface area contributed by atoms with Gasteiger partial charge in [-0.1, -0.05) is 20.8 Å². The van der Waals surface area contributed by atoms with Crippen molar-refractivity contribution >= 4 is 17.5 Å². The summed E-state index contributed by atoms with van der Waals surface area (Å²) >= 11 is 0. The smallest absolute Gasteiger partial charge is 0.320 e. The van der Waals surface area contributed by atoms with E-state index in [1.54, 1.807) is 20.8 Å². The molecular weight excluding hydrogens is 276 g/mol. The summed E-state index contributed by atoms with van der Waals surface area (Å²) in [6, 6.07) is 0. The minimum atomic E-state index is -1.40. The number of carbonyl (C=O) groups excluding carboxylic acids is 3. The number of hydrogen-bond acceptors (Lipinski definition) is 6. The van der Waals surface area contributed by atoms with Crippen LogP contribution in [0.15, 0.2) is 0 Å². The summed E-state index contributed by atoms with van der Waals surface area (Å²) in [6.07, 6.45) is 0.840. The van der Waals surface area contributed by atoms with Crippen molar-refractivity contribution in [2.75, 3.05) is 19.8 Å². The number of carbonyl (C=O) groups is 3. The summed E-state index contributed by atoms with van der Waals surface area (Å²) in [4.78, 5) is 36.7. The zero-order valence-corrected chi connectivity index (χ0v) is 12.6. The van der Waals surface area contributed by atoms with E-state index < -0.39 is 39.7 Å². The van der Waals surface area contributed by atoms with Gasteiger partial charge in [-0.05, 0) is 18.3 Å². The molecule has 0 saturated heterocycles. The zero-order chi connectivity index (χ0) is 16.1. The van der Waals surface area contributed by atoms with Crippen molar-refractivity contribution in [1.29, 1.82) is 0 Å². The number of esters is 1. The maximum absolute atomic E-state index is 12.5. The van der Waals surface area contributed by atoms with Gasteiger partial charge >= 0.3 is 5.97 Å². The van der Waals surface area contributed by atoms with Crippen LogP contribution in [0.25, 0.3) is 0 Å². The van der Waals surface area contributed by atoms with Crippen molar-refractivity contribution < 1.29 is 29.3 Å². The number of hydrogen-bond donors (Lipinski definition) is 2. The summed E-state index contributed by atoms with van der Waals surface area (Å²) < 4.78 is 5.22. The Labute approximate surface area is 123 Å². The molecular formula is C15H22O6. The second-order valence-electron chi connectivity index (χ2n) is 7.11. The van der Waals surface area contributed by atoms with E-state index in [0.717, 1.165) is 0 Å². The minimum absolute atomic E-state index is 0.192. The van der Waals surface area contributed by atoms with E-state index in [0.29, 0.717) is 12.8 Å². The summed E-state index contributed by atoms with van der Waals surface area (Å²) in [7, 11) is 0. The van der Waals surface area contributed by atoms with E-state index in [-0.39, 0.29) is 19.8 Å². The third kappa shape index (κ3) is 1.96. The van der Waals surface area contributed by atoms with E-state index >= 15 is 0 Å². The van der Waals surface area contributed by atoms with Gasteiger partial charge in [0.15, 0.2) is 0 Å². The lowest BCUT2D eigenvalue weighted by molar-refractivity contribution is -0.169. The zero-order valence-electron chi connectivity index (χ0n) is 12.6. The first-order chi connectivity index (χ1) is 9.66. The van der Waals surface area contributed by atoms with Crippen LogP contribution in [-0.4, -0.2) is 47.6 Å². The van der Waals surface area contributed by atoms with Crippen molar-refractivity contribution in [1.82, 2.24) is 0 Å². The molecule has 2 rings (SSSR count). The van der Waals surface area contributed by atoms with E-state index in [1.807, 2.05) is 0 Å². The first-order valence-corrected chi connectivity index (χ1v) is 7.14. The van der Waals surface area contributed by atoms with E-state index in [9.17, 15) is 24.6 Å². The molecule has 118 valence electrons. The molecule has 2 fully saturated rings. The molecule has 0 spiro atoms. The SMILES string of the molecule is CC(CO)(CO)COC(=O)C12CCC(C(=O)C1=O)C2(C)C. The number of aliphatic hydroxyl groups is 2. The van der Waals surface area contributed by atoms with E-state index in [1.165, 1.54) is 0 Å². The molecule has 0 aromatic carbocycles. The number of fused-ring (bicyclic) bond motifs is 2. The van der Waals surface area contributed by atoms with Gasteiger partial charge in [0.1, 0.15) is 12.0 Å². The molecule has 2 bridgehead atoms. The van der Waals surface area contributed by atoms with Crippen molar-refractivity contribution in [3.05, 3.63) is 0 Å². The van der Waals surface area contributed by atoms with Crippen LogP contribution in [0.3, 0.4) is 0 Å². The predicted molar refractivity (Wildman–Crippen MR) is 72.2 cm³/mol. The molecule has 2 atom stereocenters. The summed E-state index contributed by atoms with van der Waals surface area (Å²) in [5.41, 5.74) is -3.10. The fraction of sp³-hybridized carbons (Fsp3) is 0.800. The second kappa shape index (κ2) is 4.88. The molecule has 2 saturated carbocycles. The highest BCUT2D eigenvalue weighted by Gasteiger charge is 2.73. The molecule has 2 aliphatic carbocycles. The van der Waals surface area contributed by atoms with Crippen LogP contribution in [0.1, 0.15) is 33.6 Å². The Morgan fingerprint density at radius 3 is 2.33 bits per heavy atom. The highest BCUT2D eigenvalue weighted by Crippen LogP contribution is 2.62. The maximum Gasteiger partial charge on any atom is 0.320 e. The van der Waals surface area contributed by atoms with Gasteiger partial charge in [0.25, 0.3) is 0 Å². The fourth-order valence-corrected chi connectivity index (χ4v) is 3.54. The van der Waals surface area contributed by atoms with Gasteiger partial charge in [-0.15, -0.1) is 0 Å². The molecule has 0 radical (unpaired) electrons. The van der Waals surface area contributed by atoms with Gasteiger partial charge in [-0.3, -0.25) is 14.4 Å². The third-order valence-corrected chi connectivity index (χ3v) is 5.37. The van der Waals surface area contributed by atoms with Crippen LogP contribution in [0, 0.1) is 22.2 Å². The van der Waals surface area contributed by atoms with Crippen molar-refractivity contribution in [3.63, 3.8) is 0 Å². The standard InChI is InChI=1S/C15H22O6/c1-13(2)9-4-5-15(13,11(19)10(9)18)12(20)21-8-14(3,6-16)7-17/h9,16-17H,4-8H2,1-3H3. The first kappa shape index (κ1) is 16.1. The summed E-state index contributed by atoms with van der Waals surface area (Å²) in [6.45, 7) is 4.20. The topological polar surface area (TPSA) is 101 Å². The molecule has 2 unspecified atom stereocenters. The lowest BCUT2D eigenvalue weighted by Gasteiger charge is -2.34. The predicted octanol–water partition coefficient (Wildman–Crippen LogP) is 0.0949. The highest BCUT2D eigenvalue weighted by molar-refractivity contribution is 6.47. The second-order valence-corrected chi connectivity index (χ2v) is 7.11. The van der Waals surface area contributed by atoms with Gasteiger partial charge in [0, 0.05) is 11.3 Å². The van der Waals surface area contributed by atoms with Crippen molar-refractivity contribution in [2.24, 2.45) is 22.2 Å². The molecule has 0 aromatic rings. The average molecular weight is 298 g/mol. The number of ketones is 2. The van der Waals surface area contributed by atoms with Gasteiger partial charge in [-0.2, -0.15) is 0 Å². The Morgan fingerprint density at radius 1 is 1.33 bits per heavy atom. The molecule has 2 aliphatic rings. The molecule has 0 aliphatic heterocycles. The normalized spacial score (nSPS) is 30.8. The molecule has 6 heteroatoms. The monoisotopic (exact) mass is 298 g/mol. The molecule has 2 N–H and O–H groups in total. The lowest BCUT2D eigenvalue weighted by Crippen LogP contribution is -2.47. The van der Waals surface area contributed by atoms with Gasteiger partial charge < -0.3 is 14.9 Å². The van der Waals surface area contributed by atoms with Crippen LogP contribution in [-0.2, 0) is 19.1 Å². The van der Waals surface area contributed by atoms with Crippen molar-refractivity contribution in [3.8, 4) is 0 Å². The number of ether oxygens (including phenoxy) is 1. The Kier molecular flexibility index (Phi) is 3.74. The molecule has 0 amide bonds. The van der Waals surface area contributed by atoms with E-state index in [2.05, 4.69) is 0 Å². The van der Waals surface area contributed by atoms with Crippen molar-refractivity contribution in [2.45, 2.75) is 33.6 Å². The Hall–Kier alpha value is -1.27. The number of Topliss-reactive ketones (excluding diaryl/α,β-unsaturated/α-hetero) is 2. The lowest BCUT2D eigenvalue weighted by atomic mass is 9.69. The Morgan fingerprint density at radius 2 is 1.90 bits per heavy atom. The molecule has 0 heterocycles. The first-order valence-electron chi connectivity index (χ1n) is 7.14. The Bertz CT molecular complexity index is 490. The van der Waals surface area contributed by atoms with Crippen LogP contribution < -0.4 is 0 Å². The molecule has 0 aromatic heterocycles. The summed E-state index contributed by atoms with van der Waals surface area (Å²) in [5, 5.41) is 18.4. The Balaban J connectivity index is 2.22. The van der Waals surface area contributed by atoms with Gasteiger partial charge in [0.05, 0.1) is 13.2 Å². The number of aliphatic hydroxyl groups excluding tert-OH is 2. The van der Waals surface area contributed by atoms with E-state index in [4.69, 9.17) is 4.74 Å². The minimum Gasteiger partial charge on any atom is -0.464 e. The summed E-state index contributed by atoms with van der Waals surface area (Å²) in [5.74, 6) is -2.25. The van der Waals surface area contributed by atoms with Crippen LogP contribution >= 0.6 is 0 Å². The van der Waals surface area contributed by atoms with Gasteiger partial charge in [0.2, 0.25) is 11.6 Å². The van der Waals surface area contributed by atoms with Crippen LogP contribution in [0.4, 0.5) is 0 Å². The van der Waals surface area contributed by atoms with Gasteiger partial charge in [-0.25, -0.2) is 0 Å². The highest BCUT2D eigenvalue weighted by atomic mass is 16.5. The third-order valence-electron chi connectivity index (χ3n) is 5.37. The average Bonchev–Trinajstić information content (AvgIpc) is 2.81. The molecule has 21 heavy (non-hydrogen) atoms.